The molecule has 2 atom stereocenters. The maximum absolute atomic E-state index is 13.2. The van der Waals surface area contributed by atoms with Crippen LogP contribution in [0.25, 0.3) is 33.2 Å². The van der Waals surface area contributed by atoms with E-state index in [2.05, 4.69) is 15.0 Å². The van der Waals surface area contributed by atoms with Crippen molar-refractivity contribution in [3.05, 3.63) is 407 Å². The maximum atomic E-state index is 13.2. The van der Waals surface area contributed by atoms with Gasteiger partial charge in [0.15, 0.2) is 35.7 Å². The number of aryl methyl sites for hydroxylation is 2. The van der Waals surface area contributed by atoms with E-state index in [9.17, 15) is 38.7 Å². The molecule has 4 aromatic heterocycles. The smallest absolute Gasteiger partial charge is 0.344 e. The maximum Gasteiger partial charge on any atom is 0.344 e. The number of para-hydroxylation sites is 3. The SMILES string of the molecule is CC(Oc1cc(Cl)ccc1Cl)C(=O)N1CCc2ccccc21.COc1ccc(OCC(=O)OCCN2C(=O)c3ccccc3C2=O)cc1.Cc1onc(-c2ccccc2)c1C(=O)n1cccc1.Clc1ccc(CN2COc3c(cc(Cl)c4cccnc34)C2)cc1.Cn1c(=O)n(CCOc2ccc(Cl)cc2)c2ccccc21.O=C1c2ccccc2C(O)(Cc2ccccc2)N1c1ccc2c(c1)OCO2. The standard InChI is InChI=1S/C22H17NO4.C19H17NO6.C18H14Cl2N2O.C17H15Cl2NO2.C16H15ClN2O2.C15H12N2O2/c24-21-17-8-4-5-9-18(17)22(25,13-15-6-2-1-3-7-15)23(21)16-10-11-19-20(12-16)27-14-26-19;1-24-13-6-8-14(9-7-13)26-12-17(21)25-11-10-20-18(22)15-4-2-3-5-16(15)19(20)23;19-14-5-3-12(4-6-14)9-22-10-13-8-16(20)15-2-1-7-21-17(15)18(13)23-11-22;1-11(22-16-10-13(18)6-7-14(16)19)17(21)20-9-8-12-4-2-3-5-15(12)20;1-18-14-4-2-3-5-15(14)19(16(18)20)10-11-21-13-8-6-12(17)7-9-13;1-11-13(15(18)17-9-5-6-10-17)14(16-19-11)12-7-3-2-4-8-12/h1-12,25H,13-14H2;2-9H,10-12H2,1H3;1-8H,9-11H2;2-7,10-11H,8-9H2,1H3;2-9H,10-11H2,1H3;2-10H,1H3. The second-order valence-corrected chi connectivity index (χ2v) is 34.2. The number of benzene rings is 12. The second kappa shape index (κ2) is 44.2. The highest BCUT2D eigenvalue weighted by Gasteiger charge is 2.50. The Bertz CT molecular complexity index is 7120. The number of amides is 4. The molecular formula is C107H90Cl5N9O17. The lowest BCUT2D eigenvalue weighted by Gasteiger charge is -2.34. The van der Waals surface area contributed by atoms with Crippen LogP contribution in [0.3, 0.4) is 0 Å². The number of imidazole rings is 1. The molecule has 9 heterocycles. The van der Waals surface area contributed by atoms with E-state index < -0.39 is 17.8 Å². The fourth-order valence-electron chi connectivity index (χ4n) is 16.3. The lowest BCUT2D eigenvalue weighted by Crippen LogP contribution is -2.45. The number of aliphatic hydroxyl groups is 1. The highest BCUT2D eigenvalue weighted by atomic mass is 35.5. The molecule has 138 heavy (non-hydrogen) atoms. The Hall–Kier alpha value is -15.0. The molecule has 12 aromatic carbocycles. The Labute approximate surface area is 818 Å². The Morgan fingerprint density at radius 2 is 1.20 bits per heavy atom. The van der Waals surface area contributed by atoms with Crippen LogP contribution in [-0.2, 0) is 59.6 Å². The van der Waals surface area contributed by atoms with E-state index in [1.807, 2.05) is 194 Å². The largest absolute Gasteiger partial charge is 0.497 e. The van der Waals surface area contributed by atoms with Gasteiger partial charge in [-0.25, -0.2) is 9.59 Å². The molecule has 5 aliphatic heterocycles. The number of nitrogens with zero attached hydrogens (tertiary/aromatic N) is 9. The number of hydrogen-bond donors (Lipinski definition) is 1. The fourth-order valence-corrected chi connectivity index (χ4v) is 17.1. The van der Waals surface area contributed by atoms with Gasteiger partial charge in [-0.15, -0.1) is 0 Å². The Morgan fingerprint density at radius 1 is 0.572 bits per heavy atom. The number of hydrogen-bond acceptors (Lipinski definition) is 20. The summed E-state index contributed by atoms with van der Waals surface area (Å²) in [6, 6.07) is 90.2. The summed E-state index contributed by atoms with van der Waals surface area (Å²) < 4.78 is 53.6. The van der Waals surface area contributed by atoms with Gasteiger partial charge in [0, 0.05) is 112 Å². The van der Waals surface area contributed by atoms with Crippen molar-refractivity contribution in [2.24, 2.45) is 7.05 Å². The predicted octanol–water partition coefficient (Wildman–Crippen LogP) is 20.8. The molecule has 1 N–H and O–H groups in total. The first-order chi connectivity index (χ1) is 67.0. The molecule has 0 radical (unpaired) electrons. The van der Waals surface area contributed by atoms with Gasteiger partial charge < -0.3 is 52.4 Å². The van der Waals surface area contributed by atoms with Crippen LogP contribution in [-0.4, -0.2) is 134 Å². The molecule has 0 fully saturated rings. The normalized spacial score (nSPS) is 14.2. The van der Waals surface area contributed by atoms with Crippen molar-refractivity contribution in [1.29, 1.82) is 0 Å². The van der Waals surface area contributed by atoms with E-state index in [1.54, 1.807) is 164 Å². The van der Waals surface area contributed by atoms with Crippen LogP contribution >= 0.6 is 58.0 Å². The van der Waals surface area contributed by atoms with Crippen LogP contribution in [0.4, 0.5) is 11.4 Å². The molecule has 700 valence electrons. The minimum Gasteiger partial charge on any atom is -0.497 e. The average Bonchev–Trinajstić information content (AvgIpc) is 1.56. The topological polar surface area (TPSA) is 280 Å². The highest BCUT2D eigenvalue weighted by Crippen LogP contribution is 2.46. The van der Waals surface area contributed by atoms with Gasteiger partial charge in [0.25, 0.3) is 29.5 Å². The molecule has 16 aromatic rings. The molecule has 0 saturated carbocycles. The minimum atomic E-state index is -1.48. The van der Waals surface area contributed by atoms with Crippen molar-refractivity contribution in [2.75, 3.05) is 63.3 Å². The van der Waals surface area contributed by atoms with E-state index in [0.717, 1.165) is 85.2 Å². The van der Waals surface area contributed by atoms with Crippen molar-refractivity contribution in [1.82, 2.24) is 33.6 Å². The van der Waals surface area contributed by atoms with Crippen molar-refractivity contribution in [3.8, 4) is 51.5 Å². The minimum absolute atomic E-state index is 0.000618. The molecule has 0 bridgehead atoms. The number of pyridine rings is 1. The van der Waals surface area contributed by atoms with Crippen LogP contribution in [0.15, 0.2) is 325 Å². The molecule has 31 heteroatoms. The monoisotopic (exact) mass is 1950 g/mol. The third-order valence-electron chi connectivity index (χ3n) is 23.0. The quantitative estimate of drug-likeness (QED) is 0.0517. The number of imide groups is 1. The van der Waals surface area contributed by atoms with Gasteiger partial charge in [-0.1, -0.05) is 197 Å². The summed E-state index contributed by atoms with van der Waals surface area (Å²) in [4.78, 5) is 97.5. The average molecular weight is 1950 g/mol. The summed E-state index contributed by atoms with van der Waals surface area (Å²) in [6.45, 7) is 6.98. The number of rotatable bonds is 21. The van der Waals surface area contributed by atoms with Gasteiger partial charge in [0.05, 0.1) is 58.1 Å². The van der Waals surface area contributed by atoms with E-state index in [4.69, 9.17) is 100 Å². The second-order valence-electron chi connectivity index (χ2n) is 32.0. The third kappa shape index (κ3) is 22.2. The van der Waals surface area contributed by atoms with Gasteiger partial charge >= 0.3 is 11.7 Å². The Kier molecular flexibility index (Phi) is 30.8. The first-order valence-electron chi connectivity index (χ1n) is 43.8. The number of carbonyl (C=O) groups excluding carboxylic acids is 6. The molecule has 2 unspecified atom stereocenters. The number of carbonyl (C=O) groups is 6. The predicted molar refractivity (Wildman–Crippen MR) is 528 cm³/mol. The van der Waals surface area contributed by atoms with Crippen LogP contribution in [0.1, 0.15) is 81.9 Å². The Balaban J connectivity index is 0.000000120. The zero-order chi connectivity index (χ0) is 96.5. The molecular weight excluding hydrogens is 1860 g/mol. The molecule has 21 rings (SSSR count). The van der Waals surface area contributed by atoms with E-state index in [-0.39, 0.29) is 68.2 Å². The number of ether oxygens (including phenoxy) is 8. The summed E-state index contributed by atoms with van der Waals surface area (Å²) in [7, 11) is 3.34. The van der Waals surface area contributed by atoms with Crippen LogP contribution in [0, 0.1) is 6.92 Å². The summed E-state index contributed by atoms with van der Waals surface area (Å²) in [5.74, 6) is 3.12. The van der Waals surface area contributed by atoms with Crippen molar-refractivity contribution in [3.63, 3.8) is 0 Å². The Morgan fingerprint density at radius 3 is 1.93 bits per heavy atom. The zero-order valence-electron chi connectivity index (χ0n) is 75.0. The van der Waals surface area contributed by atoms with Gasteiger partial charge in [0.2, 0.25) is 6.79 Å². The van der Waals surface area contributed by atoms with Crippen LogP contribution in [0.5, 0.6) is 40.2 Å². The first kappa shape index (κ1) is 96.1. The summed E-state index contributed by atoms with van der Waals surface area (Å²) in [5.41, 5.74) is 10.9. The van der Waals surface area contributed by atoms with Gasteiger partial charge in [-0.3, -0.25) is 57.4 Å². The summed E-state index contributed by atoms with van der Waals surface area (Å²) in [6.07, 6.45) is 5.70. The zero-order valence-corrected chi connectivity index (χ0v) is 78.8. The number of methoxy groups -OCH3 is 1. The first-order valence-corrected chi connectivity index (χ1v) is 45.7. The molecule has 0 saturated heterocycles. The molecule has 4 amide bonds. The molecule has 0 spiro atoms. The number of esters is 1. The van der Waals surface area contributed by atoms with Crippen molar-refractivity contribution >= 4 is 127 Å². The number of aromatic nitrogens is 5. The number of halogens is 5. The van der Waals surface area contributed by atoms with Crippen LogP contribution in [0.2, 0.25) is 25.1 Å². The lowest BCUT2D eigenvalue weighted by atomic mass is 9.94. The summed E-state index contributed by atoms with van der Waals surface area (Å²) >= 11 is 30.2. The third-order valence-corrected chi connectivity index (χ3v) is 24.4. The lowest BCUT2D eigenvalue weighted by molar-refractivity contribution is -0.146. The van der Waals surface area contributed by atoms with Crippen LogP contribution < -0.4 is 48.6 Å². The molecule has 26 nitrogen and oxygen atoms in total. The highest BCUT2D eigenvalue weighted by molar-refractivity contribution is 6.36. The van der Waals surface area contributed by atoms with Crippen molar-refractivity contribution in [2.45, 2.75) is 58.2 Å². The molecule has 5 aliphatic rings. The van der Waals surface area contributed by atoms with Gasteiger partial charge in [0.1, 0.15) is 65.5 Å². The van der Waals surface area contributed by atoms with Gasteiger partial charge in [-0.2, -0.15) is 0 Å². The number of anilines is 2. The van der Waals surface area contributed by atoms with E-state index >= 15 is 0 Å². The van der Waals surface area contributed by atoms with Gasteiger partial charge in [-0.05, 0) is 189 Å². The molecule has 0 aliphatic carbocycles. The van der Waals surface area contributed by atoms with Crippen molar-refractivity contribution < 1.29 is 76.3 Å². The van der Waals surface area contributed by atoms with E-state index in [0.29, 0.717) is 120 Å². The number of fused-ring (bicyclic) bond motifs is 8. The summed E-state index contributed by atoms with van der Waals surface area (Å²) in [5, 5.41) is 19.8. The fraction of sp³-hybridized carbons (Fsp3) is 0.168. The van der Waals surface area contributed by atoms with E-state index in [1.165, 1.54) is 20.6 Å².